The first-order chi connectivity index (χ1) is 16.4. The van der Waals surface area contributed by atoms with Crippen molar-refractivity contribution in [2.75, 3.05) is 18.0 Å². The quantitative estimate of drug-likeness (QED) is 0.474. The molecule has 1 saturated heterocycles. The van der Waals surface area contributed by atoms with Crippen LogP contribution in [-0.4, -0.2) is 35.0 Å². The summed E-state index contributed by atoms with van der Waals surface area (Å²) in [4.78, 5) is 23.1. The Morgan fingerprint density at radius 2 is 1.85 bits per heavy atom. The predicted molar refractivity (Wildman–Crippen MR) is 133 cm³/mol. The van der Waals surface area contributed by atoms with E-state index in [1.54, 1.807) is 18.2 Å². The molecule has 0 saturated carbocycles. The van der Waals surface area contributed by atoms with Crippen LogP contribution in [0.4, 0.5) is 10.1 Å². The number of hydrogen-bond donors (Lipinski definition) is 2. The van der Waals surface area contributed by atoms with E-state index in [9.17, 15) is 9.18 Å². The molecule has 0 radical (unpaired) electrons. The molecular formula is C27H26FN5O. The zero-order valence-electron chi connectivity index (χ0n) is 19.0. The van der Waals surface area contributed by atoms with Gasteiger partial charge in [0, 0.05) is 41.8 Å². The number of primary amides is 1. The Labute approximate surface area is 197 Å². The van der Waals surface area contributed by atoms with E-state index in [2.05, 4.69) is 9.88 Å². The van der Waals surface area contributed by atoms with E-state index < -0.39 is 5.91 Å². The zero-order valence-corrected chi connectivity index (χ0v) is 19.0. The molecule has 172 valence electrons. The number of nitrogens with zero attached hydrogens (tertiary/aromatic N) is 3. The SMILES string of the molecule is Cc1cc(F)cc(-c2cnc3ccc(-c4cccc(C(N)=O)n4)cc3c2N2CCC(N)CC2)c1. The molecule has 3 heterocycles. The molecule has 2 aromatic carbocycles. The second kappa shape index (κ2) is 8.83. The smallest absolute Gasteiger partial charge is 0.267 e. The summed E-state index contributed by atoms with van der Waals surface area (Å²) in [6.07, 6.45) is 3.59. The predicted octanol–water partition coefficient (Wildman–Crippen LogP) is 4.44. The van der Waals surface area contributed by atoms with Gasteiger partial charge in [-0.15, -0.1) is 0 Å². The van der Waals surface area contributed by atoms with Gasteiger partial charge in [0.15, 0.2) is 0 Å². The number of piperidine rings is 1. The minimum atomic E-state index is -0.571. The first-order valence-electron chi connectivity index (χ1n) is 11.4. The van der Waals surface area contributed by atoms with Crippen LogP contribution in [0.5, 0.6) is 0 Å². The van der Waals surface area contributed by atoms with Crippen LogP contribution < -0.4 is 16.4 Å². The Bertz CT molecular complexity index is 1380. The molecule has 7 heteroatoms. The van der Waals surface area contributed by atoms with Crippen molar-refractivity contribution >= 4 is 22.5 Å². The number of benzene rings is 2. The maximum atomic E-state index is 14.3. The van der Waals surface area contributed by atoms with Gasteiger partial charge in [-0.3, -0.25) is 9.78 Å². The van der Waals surface area contributed by atoms with Crippen LogP contribution in [-0.2, 0) is 0 Å². The lowest BCUT2D eigenvalue weighted by Crippen LogP contribution is -2.40. The maximum absolute atomic E-state index is 14.3. The fourth-order valence-electron chi connectivity index (χ4n) is 4.64. The Hall–Kier alpha value is -3.84. The Morgan fingerprint density at radius 3 is 2.59 bits per heavy atom. The van der Waals surface area contributed by atoms with Crippen molar-refractivity contribution in [1.29, 1.82) is 0 Å². The molecule has 5 rings (SSSR count). The van der Waals surface area contributed by atoms with Gasteiger partial charge in [-0.1, -0.05) is 18.2 Å². The number of pyridine rings is 2. The van der Waals surface area contributed by atoms with E-state index in [1.165, 1.54) is 6.07 Å². The van der Waals surface area contributed by atoms with Crippen molar-refractivity contribution in [3.05, 3.63) is 77.9 Å². The highest BCUT2D eigenvalue weighted by atomic mass is 19.1. The standard InChI is InChI=1S/C27H26FN5O/c1-16-11-18(13-19(28)12-16)22-15-31-24-6-5-17(23-3-2-4-25(32-23)27(30)34)14-21(24)26(22)33-9-7-20(29)8-10-33/h2-6,11-15,20H,7-10,29H2,1H3,(H2,30,34). The topological polar surface area (TPSA) is 98.1 Å². The van der Waals surface area contributed by atoms with Crippen molar-refractivity contribution in [2.45, 2.75) is 25.8 Å². The molecule has 1 amide bonds. The average Bonchev–Trinajstić information content (AvgIpc) is 2.83. The summed E-state index contributed by atoms with van der Waals surface area (Å²) in [5, 5.41) is 0.943. The molecule has 4 aromatic rings. The molecule has 34 heavy (non-hydrogen) atoms. The number of anilines is 1. The number of aromatic nitrogens is 2. The number of amides is 1. The third-order valence-electron chi connectivity index (χ3n) is 6.35. The fraction of sp³-hybridized carbons (Fsp3) is 0.222. The lowest BCUT2D eigenvalue weighted by atomic mass is 9.96. The summed E-state index contributed by atoms with van der Waals surface area (Å²) in [6, 6.07) is 16.4. The number of nitrogens with two attached hydrogens (primary N) is 2. The van der Waals surface area contributed by atoms with E-state index in [1.807, 2.05) is 43.5 Å². The van der Waals surface area contributed by atoms with E-state index in [0.29, 0.717) is 5.69 Å². The first kappa shape index (κ1) is 22.0. The van der Waals surface area contributed by atoms with Crippen LogP contribution in [0.25, 0.3) is 33.3 Å². The minimum Gasteiger partial charge on any atom is -0.370 e. The molecule has 0 spiro atoms. The van der Waals surface area contributed by atoms with Crippen molar-refractivity contribution in [3.63, 3.8) is 0 Å². The maximum Gasteiger partial charge on any atom is 0.267 e. The molecule has 0 unspecified atom stereocenters. The average molecular weight is 456 g/mol. The number of halogens is 1. The summed E-state index contributed by atoms with van der Waals surface area (Å²) in [6.45, 7) is 3.50. The molecule has 6 nitrogen and oxygen atoms in total. The molecule has 1 aliphatic rings. The fourth-order valence-corrected chi connectivity index (χ4v) is 4.64. The first-order valence-corrected chi connectivity index (χ1v) is 11.4. The van der Waals surface area contributed by atoms with Crippen LogP contribution in [0.1, 0.15) is 28.9 Å². The summed E-state index contributed by atoms with van der Waals surface area (Å²) < 4.78 is 14.3. The van der Waals surface area contributed by atoms with Gasteiger partial charge in [-0.25, -0.2) is 9.37 Å². The second-order valence-corrected chi connectivity index (χ2v) is 8.87. The van der Waals surface area contributed by atoms with Gasteiger partial charge in [-0.2, -0.15) is 0 Å². The number of hydrogen-bond acceptors (Lipinski definition) is 5. The Morgan fingerprint density at radius 1 is 1.06 bits per heavy atom. The Balaban J connectivity index is 1.73. The van der Waals surface area contributed by atoms with E-state index in [0.717, 1.165) is 64.8 Å². The summed E-state index contributed by atoms with van der Waals surface area (Å²) in [7, 11) is 0. The summed E-state index contributed by atoms with van der Waals surface area (Å²) in [5.74, 6) is -0.846. The minimum absolute atomic E-state index is 0.181. The number of aryl methyl sites for hydroxylation is 1. The van der Waals surface area contributed by atoms with Gasteiger partial charge in [-0.05, 0) is 67.3 Å². The lowest BCUT2D eigenvalue weighted by molar-refractivity contribution is 0.0995. The van der Waals surface area contributed by atoms with E-state index in [-0.39, 0.29) is 17.6 Å². The van der Waals surface area contributed by atoms with Gasteiger partial charge in [0.25, 0.3) is 5.91 Å². The van der Waals surface area contributed by atoms with Crippen molar-refractivity contribution < 1.29 is 9.18 Å². The number of rotatable bonds is 4. The molecule has 0 aliphatic carbocycles. The monoisotopic (exact) mass is 455 g/mol. The van der Waals surface area contributed by atoms with Crippen molar-refractivity contribution in [1.82, 2.24) is 9.97 Å². The molecule has 2 aromatic heterocycles. The van der Waals surface area contributed by atoms with E-state index >= 15 is 0 Å². The van der Waals surface area contributed by atoms with Crippen LogP contribution in [0.15, 0.2) is 60.8 Å². The third-order valence-corrected chi connectivity index (χ3v) is 6.35. The lowest BCUT2D eigenvalue weighted by Gasteiger charge is -2.34. The third kappa shape index (κ3) is 4.22. The molecule has 0 bridgehead atoms. The highest BCUT2D eigenvalue weighted by molar-refractivity contribution is 6.01. The van der Waals surface area contributed by atoms with Gasteiger partial charge in [0.05, 0.1) is 16.9 Å². The summed E-state index contributed by atoms with van der Waals surface area (Å²) in [5.41, 5.74) is 17.7. The molecule has 1 fully saturated rings. The van der Waals surface area contributed by atoms with Crippen LogP contribution in [0.2, 0.25) is 0 Å². The van der Waals surface area contributed by atoms with Crippen molar-refractivity contribution in [3.8, 4) is 22.4 Å². The van der Waals surface area contributed by atoms with Crippen LogP contribution in [0.3, 0.4) is 0 Å². The highest BCUT2D eigenvalue weighted by Gasteiger charge is 2.23. The normalized spacial score (nSPS) is 14.5. The Kier molecular flexibility index (Phi) is 5.71. The van der Waals surface area contributed by atoms with Crippen LogP contribution in [0, 0.1) is 12.7 Å². The number of carbonyl (C=O) groups excluding carboxylic acids is 1. The zero-order chi connectivity index (χ0) is 23.8. The van der Waals surface area contributed by atoms with E-state index in [4.69, 9.17) is 16.5 Å². The second-order valence-electron chi connectivity index (χ2n) is 8.87. The van der Waals surface area contributed by atoms with Crippen molar-refractivity contribution in [2.24, 2.45) is 11.5 Å². The molecule has 0 atom stereocenters. The molecule has 4 N–H and O–H groups in total. The van der Waals surface area contributed by atoms with Crippen LogP contribution >= 0.6 is 0 Å². The number of fused-ring (bicyclic) bond motifs is 1. The summed E-state index contributed by atoms with van der Waals surface area (Å²) >= 11 is 0. The van der Waals surface area contributed by atoms with Gasteiger partial charge >= 0.3 is 0 Å². The largest absolute Gasteiger partial charge is 0.370 e. The van der Waals surface area contributed by atoms with Gasteiger partial charge in [0.2, 0.25) is 0 Å². The highest BCUT2D eigenvalue weighted by Crippen LogP contribution is 2.39. The molecular weight excluding hydrogens is 429 g/mol. The number of carbonyl (C=O) groups is 1. The van der Waals surface area contributed by atoms with Gasteiger partial charge < -0.3 is 16.4 Å². The molecule has 1 aliphatic heterocycles. The van der Waals surface area contributed by atoms with Gasteiger partial charge in [0.1, 0.15) is 11.5 Å².